The number of rotatable bonds is 4. The lowest BCUT2D eigenvalue weighted by Crippen LogP contribution is -2.20. The quantitative estimate of drug-likeness (QED) is 0.593. The third-order valence-electron chi connectivity index (χ3n) is 2.24. The van der Waals surface area contributed by atoms with Gasteiger partial charge in [-0.2, -0.15) is 0 Å². The average Bonchev–Trinajstić information content (AvgIpc) is 2.79. The number of aromatic nitrogens is 3. The van der Waals surface area contributed by atoms with Crippen LogP contribution in [0.2, 0.25) is 0 Å². The predicted octanol–water partition coefficient (Wildman–Crippen LogP) is 0.404. The minimum absolute atomic E-state index is 0.0208. The first kappa shape index (κ1) is 12.6. The van der Waals surface area contributed by atoms with Gasteiger partial charge in [-0.3, -0.25) is 4.57 Å². The van der Waals surface area contributed by atoms with E-state index in [0.717, 1.165) is 0 Å². The topological polar surface area (TPSA) is 121 Å². The molecule has 4 N–H and O–H groups in total. The summed E-state index contributed by atoms with van der Waals surface area (Å²) in [6.45, 7) is 0. The molecule has 1 aromatic carbocycles. The first-order valence-corrected chi connectivity index (χ1v) is 6.60. The molecule has 1 heterocycles. The number of aromatic hydroxyl groups is 1. The number of benzene rings is 1. The van der Waals surface area contributed by atoms with Gasteiger partial charge in [-0.25, -0.2) is 4.68 Å². The fraction of sp³-hybridized carbons (Fsp3) is 0.111. The molecule has 2 rings (SSSR count). The summed E-state index contributed by atoms with van der Waals surface area (Å²) in [4.78, 5) is 18.7. The van der Waals surface area contributed by atoms with Gasteiger partial charge in [0.25, 0.3) is 0 Å². The fourth-order valence-electron chi connectivity index (χ4n) is 1.41. The Hall–Kier alpha value is -1.89. The fourth-order valence-corrected chi connectivity index (χ4v) is 2.25. The van der Waals surface area contributed by atoms with E-state index in [0.29, 0.717) is 5.56 Å². The molecule has 0 fully saturated rings. The molecule has 0 radical (unpaired) electrons. The van der Waals surface area contributed by atoms with E-state index in [1.807, 2.05) is 0 Å². The molecule has 0 aliphatic carbocycles. The molecule has 0 saturated heterocycles. The van der Waals surface area contributed by atoms with Gasteiger partial charge in [0.2, 0.25) is 0 Å². The lowest BCUT2D eigenvalue weighted by Gasteiger charge is -2.21. The summed E-state index contributed by atoms with van der Waals surface area (Å²) in [6, 6.07) is 5.56. The Labute approximate surface area is 102 Å². The highest BCUT2D eigenvalue weighted by Gasteiger charge is 2.30. The van der Waals surface area contributed by atoms with Crippen molar-refractivity contribution in [1.82, 2.24) is 14.9 Å². The average molecular weight is 270 g/mol. The number of hydrogen-bond donors (Lipinski definition) is 4. The maximum atomic E-state index is 11.5. The lowest BCUT2D eigenvalue weighted by atomic mass is 10.2. The van der Waals surface area contributed by atoms with E-state index in [-0.39, 0.29) is 5.75 Å². The third kappa shape index (κ3) is 2.86. The first-order valence-electron chi connectivity index (χ1n) is 4.92. The maximum absolute atomic E-state index is 11.5. The third-order valence-corrected chi connectivity index (χ3v) is 3.32. The van der Waals surface area contributed by atoms with Crippen LogP contribution in [0.3, 0.4) is 0 Å². The van der Waals surface area contributed by atoms with Gasteiger partial charge < -0.3 is 20.3 Å². The molecule has 96 valence electrons. The molecule has 0 saturated carbocycles. The smallest absolute Gasteiger partial charge is 0.353 e. The van der Waals surface area contributed by atoms with Crippen molar-refractivity contribution in [3.8, 4) is 5.75 Å². The highest BCUT2D eigenvalue weighted by atomic mass is 31.2. The molecule has 0 unspecified atom stereocenters. The summed E-state index contributed by atoms with van der Waals surface area (Å²) >= 11 is 0. The van der Waals surface area contributed by atoms with Crippen LogP contribution in [-0.2, 0) is 4.57 Å². The molecule has 8 nitrogen and oxygen atoms in total. The number of phenols is 1. The maximum Gasteiger partial charge on any atom is 0.353 e. The minimum atomic E-state index is -4.42. The van der Waals surface area contributed by atoms with Crippen LogP contribution < -0.4 is 5.43 Å². The van der Waals surface area contributed by atoms with Gasteiger partial charge in [-0.05, 0) is 17.7 Å². The van der Waals surface area contributed by atoms with Crippen molar-refractivity contribution in [2.24, 2.45) is 0 Å². The van der Waals surface area contributed by atoms with Crippen LogP contribution in [0.5, 0.6) is 5.75 Å². The van der Waals surface area contributed by atoms with E-state index in [4.69, 9.17) is 5.11 Å². The van der Waals surface area contributed by atoms with Gasteiger partial charge in [-0.1, -0.05) is 12.1 Å². The number of hydrogen-bond acceptors (Lipinski definition) is 5. The first-order chi connectivity index (χ1) is 8.47. The number of nitrogens with zero attached hydrogens (tertiary/aromatic N) is 3. The molecule has 1 atom stereocenters. The Morgan fingerprint density at radius 3 is 2.22 bits per heavy atom. The van der Waals surface area contributed by atoms with Crippen molar-refractivity contribution in [3.63, 3.8) is 0 Å². The van der Waals surface area contributed by atoms with Crippen molar-refractivity contribution in [2.45, 2.75) is 5.78 Å². The molecule has 1 aromatic heterocycles. The molecule has 18 heavy (non-hydrogen) atoms. The van der Waals surface area contributed by atoms with Crippen LogP contribution in [0, 0.1) is 0 Å². The van der Waals surface area contributed by atoms with Crippen molar-refractivity contribution in [3.05, 3.63) is 42.5 Å². The van der Waals surface area contributed by atoms with Crippen LogP contribution >= 0.6 is 7.60 Å². The van der Waals surface area contributed by atoms with Crippen molar-refractivity contribution in [2.75, 3.05) is 5.43 Å². The summed E-state index contributed by atoms with van der Waals surface area (Å²) < 4.78 is 12.7. The monoisotopic (exact) mass is 270 g/mol. The molecule has 2 aromatic rings. The van der Waals surface area contributed by atoms with E-state index in [2.05, 4.69) is 15.6 Å². The van der Waals surface area contributed by atoms with Crippen molar-refractivity contribution < 1.29 is 19.5 Å². The zero-order chi connectivity index (χ0) is 13.2. The summed E-state index contributed by atoms with van der Waals surface area (Å²) in [7, 11) is -4.42. The van der Waals surface area contributed by atoms with E-state index in [1.165, 1.54) is 41.6 Å². The van der Waals surface area contributed by atoms with Gasteiger partial charge in [0.1, 0.15) is 18.4 Å². The van der Waals surface area contributed by atoms with E-state index in [1.54, 1.807) is 0 Å². The molecule has 0 aliphatic heterocycles. The Kier molecular flexibility index (Phi) is 3.33. The van der Waals surface area contributed by atoms with E-state index < -0.39 is 13.4 Å². The molecular weight excluding hydrogens is 259 g/mol. The van der Waals surface area contributed by atoms with Crippen LogP contribution in [0.4, 0.5) is 0 Å². The lowest BCUT2D eigenvalue weighted by molar-refractivity contribution is 0.359. The Bertz CT molecular complexity index is 550. The molecule has 0 bridgehead atoms. The number of nitrogens with one attached hydrogen (secondary N) is 1. The van der Waals surface area contributed by atoms with Gasteiger partial charge in [-0.15, -0.1) is 10.2 Å². The van der Waals surface area contributed by atoms with Crippen LogP contribution in [0.15, 0.2) is 36.9 Å². The zero-order valence-electron chi connectivity index (χ0n) is 9.08. The van der Waals surface area contributed by atoms with Gasteiger partial charge in [0.05, 0.1) is 0 Å². The molecule has 9 heteroatoms. The van der Waals surface area contributed by atoms with Crippen molar-refractivity contribution >= 4 is 7.60 Å². The summed E-state index contributed by atoms with van der Waals surface area (Å²) in [6.07, 6.45) is 2.56. The number of phenolic OH excluding ortho intramolecular Hbond substituents is 1. The SMILES string of the molecule is O=P(O)(O)[C@H](Nn1cnnc1)c1ccc(O)cc1. The molecule has 0 amide bonds. The highest BCUT2D eigenvalue weighted by Crippen LogP contribution is 2.50. The highest BCUT2D eigenvalue weighted by molar-refractivity contribution is 7.52. The predicted molar refractivity (Wildman–Crippen MR) is 62.3 cm³/mol. The summed E-state index contributed by atoms with van der Waals surface area (Å²) in [5.41, 5.74) is 2.92. The second-order valence-corrected chi connectivity index (χ2v) is 5.28. The Balaban J connectivity index is 2.31. The van der Waals surface area contributed by atoms with Gasteiger partial charge in [0.15, 0.2) is 5.78 Å². The molecule has 0 spiro atoms. The van der Waals surface area contributed by atoms with Gasteiger partial charge in [0, 0.05) is 0 Å². The van der Waals surface area contributed by atoms with Gasteiger partial charge >= 0.3 is 7.60 Å². The Morgan fingerprint density at radius 2 is 1.72 bits per heavy atom. The molecular formula is C9H11N4O4P. The standard InChI is InChI=1S/C9H11N4O4P/c14-8-3-1-7(2-4-8)9(18(15,16)17)12-13-5-10-11-6-13/h1-6,9,12,14H,(H2,15,16,17)/t9-/m0/s1. The summed E-state index contributed by atoms with van der Waals surface area (Å²) in [5.74, 6) is -1.22. The second kappa shape index (κ2) is 4.77. The van der Waals surface area contributed by atoms with E-state index in [9.17, 15) is 14.4 Å². The van der Waals surface area contributed by atoms with Crippen molar-refractivity contribution in [1.29, 1.82) is 0 Å². The minimum Gasteiger partial charge on any atom is -0.508 e. The summed E-state index contributed by atoms with van der Waals surface area (Å²) in [5, 5.41) is 16.2. The molecule has 0 aliphatic rings. The van der Waals surface area contributed by atoms with Crippen LogP contribution in [0.1, 0.15) is 11.3 Å². The Morgan fingerprint density at radius 1 is 1.17 bits per heavy atom. The van der Waals surface area contributed by atoms with E-state index >= 15 is 0 Å². The second-order valence-electron chi connectivity index (χ2n) is 3.58. The largest absolute Gasteiger partial charge is 0.508 e. The van der Waals surface area contributed by atoms with Crippen LogP contribution in [0.25, 0.3) is 0 Å². The normalized spacial score (nSPS) is 13.2. The zero-order valence-corrected chi connectivity index (χ0v) is 9.97. The van der Waals surface area contributed by atoms with Crippen LogP contribution in [-0.4, -0.2) is 29.8 Å².